The number of rotatable bonds is 4. The van der Waals surface area contributed by atoms with Gasteiger partial charge in [0.15, 0.2) is 5.78 Å². The van der Waals surface area contributed by atoms with Crippen molar-refractivity contribution in [1.29, 1.82) is 0 Å². The maximum absolute atomic E-state index is 12.3. The van der Waals surface area contributed by atoms with Crippen LogP contribution in [0, 0.1) is 0 Å². The molecule has 0 bridgehead atoms. The van der Waals surface area contributed by atoms with Gasteiger partial charge in [-0.15, -0.1) is 0 Å². The Hall–Kier alpha value is -1.87. The van der Waals surface area contributed by atoms with Crippen LogP contribution in [0.2, 0.25) is 5.02 Å². The van der Waals surface area contributed by atoms with Gasteiger partial charge < -0.3 is 4.74 Å². The molecule has 1 aliphatic rings. The number of Topliss-reactive ketones (excluding diaryl/α,β-unsaturated/α-hetero) is 1. The van der Waals surface area contributed by atoms with Crippen LogP contribution >= 0.6 is 11.6 Å². The lowest BCUT2D eigenvalue weighted by atomic mass is 10.0. The quantitative estimate of drug-likeness (QED) is 0.865. The van der Waals surface area contributed by atoms with E-state index in [1.54, 1.807) is 30.5 Å². The summed E-state index contributed by atoms with van der Waals surface area (Å²) in [5.74, 6) is 0.609. The number of aryl methyl sites for hydroxylation is 1. The summed E-state index contributed by atoms with van der Waals surface area (Å²) in [7, 11) is 0. The zero-order valence-electron chi connectivity index (χ0n) is 10.9. The van der Waals surface area contributed by atoms with Gasteiger partial charge in [-0.2, -0.15) is 0 Å². The van der Waals surface area contributed by atoms with Gasteiger partial charge in [-0.3, -0.25) is 9.78 Å². The highest BCUT2D eigenvalue weighted by molar-refractivity contribution is 6.30. The van der Waals surface area contributed by atoms with E-state index in [0.717, 1.165) is 18.5 Å². The fourth-order valence-corrected chi connectivity index (χ4v) is 2.64. The molecule has 1 aromatic heterocycles. The molecule has 1 aliphatic carbocycles. The zero-order chi connectivity index (χ0) is 13.9. The summed E-state index contributed by atoms with van der Waals surface area (Å²) >= 11 is 5.80. The second-order valence-electron chi connectivity index (χ2n) is 4.85. The molecule has 0 fully saturated rings. The smallest absolute Gasteiger partial charge is 0.179 e. The van der Waals surface area contributed by atoms with Crippen molar-refractivity contribution in [3.05, 3.63) is 58.9 Å². The molecular formula is C16H14ClNO2. The van der Waals surface area contributed by atoms with Crippen LogP contribution in [-0.4, -0.2) is 17.4 Å². The van der Waals surface area contributed by atoms with Crippen LogP contribution in [0.25, 0.3) is 0 Å². The highest BCUT2D eigenvalue weighted by Crippen LogP contribution is 2.31. The zero-order valence-corrected chi connectivity index (χ0v) is 11.6. The molecule has 0 saturated carbocycles. The van der Waals surface area contributed by atoms with Gasteiger partial charge in [0.25, 0.3) is 0 Å². The fraction of sp³-hybridized carbons (Fsp3) is 0.250. The van der Waals surface area contributed by atoms with Crippen molar-refractivity contribution in [2.75, 3.05) is 6.61 Å². The topological polar surface area (TPSA) is 39.2 Å². The molecule has 0 amide bonds. The van der Waals surface area contributed by atoms with Crippen LogP contribution in [0.15, 0.2) is 42.6 Å². The number of fused-ring (bicyclic) bond motifs is 1. The summed E-state index contributed by atoms with van der Waals surface area (Å²) < 4.78 is 5.51. The van der Waals surface area contributed by atoms with Gasteiger partial charge in [-0.1, -0.05) is 17.7 Å². The van der Waals surface area contributed by atoms with E-state index in [0.29, 0.717) is 10.8 Å². The van der Waals surface area contributed by atoms with Crippen LogP contribution in [0.3, 0.4) is 0 Å². The first-order valence-electron chi connectivity index (χ1n) is 6.59. The first-order chi connectivity index (χ1) is 9.74. The molecule has 20 heavy (non-hydrogen) atoms. The van der Waals surface area contributed by atoms with Crippen molar-refractivity contribution in [3.8, 4) is 5.75 Å². The number of benzene rings is 1. The Labute approximate surface area is 122 Å². The van der Waals surface area contributed by atoms with Crippen molar-refractivity contribution in [3.63, 3.8) is 0 Å². The summed E-state index contributed by atoms with van der Waals surface area (Å²) in [6.45, 7) is 0.0717. The van der Waals surface area contributed by atoms with Crippen molar-refractivity contribution in [1.82, 2.24) is 4.98 Å². The fourth-order valence-electron chi connectivity index (χ4n) is 2.51. The van der Waals surface area contributed by atoms with Crippen molar-refractivity contribution in [2.24, 2.45) is 0 Å². The van der Waals surface area contributed by atoms with E-state index in [9.17, 15) is 4.79 Å². The van der Waals surface area contributed by atoms with Gasteiger partial charge in [0, 0.05) is 11.2 Å². The number of nitrogens with zero attached hydrogens (tertiary/aromatic N) is 1. The number of hydrogen-bond acceptors (Lipinski definition) is 3. The van der Waals surface area contributed by atoms with Crippen LogP contribution in [0.4, 0.5) is 0 Å². The van der Waals surface area contributed by atoms with Crippen molar-refractivity contribution < 1.29 is 9.53 Å². The lowest BCUT2D eigenvalue weighted by Crippen LogP contribution is -2.19. The van der Waals surface area contributed by atoms with Crippen LogP contribution in [-0.2, 0) is 11.2 Å². The number of pyridine rings is 1. The van der Waals surface area contributed by atoms with Crippen molar-refractivity contribution >= 4 is 17.4 Å². The normalized spacial score (nSPS) is 16.8. The van der Waals surface area contributed by atoms with Gasteiger partial charge >= 0.3 is 0 Å². The molecule has 1 aromatic carbocycles. The Morgan fingerprint density at radius 2 is 2.10 bits per heavy atom. The Morgan fingerprint density at radius 3 is 2.90 bits per heavy atom. The van der Waals surface area contributed by atoms with E-state index in [1.807, 2.05) is 12.1 Å². The second-order valence-corrected chi connectivity index (χ2v) is 5.28. The summed E-state index contributed by atoms with van der Waals surface area (Å²) in [5, 5.41) is 0.651. The van der Waals surface area contributed by atoms with Crippen LogP contribution in [0.5, 0.6) is 5.75 Å². The summed E-state index contributed by atoms with van der Waals surface area (Å²) in [4.78, 5) is 16.6. The summed E-state index contributed by atoms with van der Waals surface area (Å²) in [5.41, 5.74) is 2.09. The molecule has 1 heterocycles. The Balaban J connectivity index is 1.65. The SMILES string of the molecule is O=C(COc1ccc(Cl)cc1)C1CCc2cccnc21. The van der Waals surface area contributed by atoms with Gasteiger partial charge in [-0.25, -0.2) is 0 Å². The van der Waals surface area contributed by atoms with E-state index in [-0.39, 0.29) is 18.3 Å². The standard InChI is InChI=1S/C16H14ClNO2/c17-12-4-6-13(7-5-12)20-10-15(19)14-8-3-11-2-1-9-18-16(11)14/h1-2,4-7,9,14H,3,8,10H2. The summed E-state index contributed by atoms with van der Waals surface area (Å²) in [6.07, 6.45) is 3.49. The molecule has 1 atom stereocenters. The van der Waals surface area contributed by atoms with E-state index in [2.05, 4.69) is 4.98 Å². The minimum atomic E-state index is -0.126. The van der Waals surface area contributed by atoms with Gasteiger partial charge in [0.1, 0.15) is 12.4 Å². The van der Waals surface area contributed by atoms with E-state index in [4.69, 9.17) is 16.3 Å². The number of ketones is 1. The Morgan fingerprint density at radius 1 is 1.30 bits per heavy atom. The number of halogens is 1. The summed E-state index contributed by atoms with van der Waals surface area (Å²) in [6, 6.07) is 11.0. The van der Waals surface area contributed by atoms with E-state index in [1.165, 1.54) is 5.56 Å². The molecule has 0 aliphatic heterocycles. The molecule has 2 aromatic rings. The van der Waals surface area contributed by atoms with E-state index < -0.39 is 0 Å². The minimum absolute atomic E-state index is 0.0717. The monoisotopic (exact) mass is 287 g/mol. The third-order valence-corrected chi connectivity index (χ3v) is 3.79. The van der Waals surface area contributed by atoms with Gasteiger partial charge in [0.2, 0.25) is 0 Å². The Bertz CT molecular complexity index is 625. The molecule has 3 nitrogen and oxygen atoms in total. The maximum atomic E-state index is 12.3. The van der Waals surface area contributed by atoms with Gasteiger partial charge in [0.05, 0.1) is 11.6 Å². The first-order valence-corrected chi connectivity index (χ1v) is 6.97. The number of aromatic nitrogens is 1. The molecular weight excluding hydrogens is 274 g/mol. The lowest BCUT2D eigenvalue weighted by molar-refractivity contribution is -0.122. The minimum Gasteiger partial charge on any atom is -0.486 e. The number of carbonyl (C=O) groups excluding carboxylic acids is 1. The highest BCUT2D eigenvalue weighted by atomic mass is 35.5. The van der Waals surface area contributed by atoms with Gasteiger partial charge in [-0.05, 0) is 48.7 Å². The van der Waals surface area contributed by atoms with Crippen molar-refractivity contribution in [2.45, 2.75) is 18.8 Å². The third-order valence-electron chi connectivity index (χ3n) is 3.54. The van der Waals surface area contributed by atoms with E-state index >= 15 is 0 Å². The number of ether oxygens (including phenoxy) is 1. The largest absolute Gasteiger partial charge is 0.486 e. The third kappa shape index (κ3) is 2.68. The molecule has 0 N–H and O–H groups in total. The lowest BCUT2D eigenvalue weighted by Gasteiger charge is -2.10. The Kier molecular flexibility index (Phi) is 3.70. The van der Waals surface area contributed by atoms with Crippen LogP contribution < -0.4 is 4.74 Å². The maximum Gasteiger partial charge on any atom is 0.179 e. The molecule has 3 rings (SSSR count). The number of hydrogen-bond donors (Lipinski definition) is 0. The predicted molar refractivity (Wildman–Crippen MR) is 77.3 cm³/mol. The average molecular weight is 288 g/mol. The molecule has 0 radical (unpaired) electrons. The second kappa shape index (κ2) is 5.63. The average Bonchev–Trinajstić information content (AvgIpc) is 2.90. The molecule has 0 saturated heterocycles. The molecule has 4 heteroatoms. The number of carbonyl (C=O) groups is 1. The molecule has 0 spiro atoms. The predicted octanol–water partition coefficient (Wildman–Crippen LogP) is 3.41. The highest BCUT2D eigenvalue weighted by Gasteiger charge is 2.29. The molecule has 1 unspecified atom stereocenters. The molecule has 102 valence electrons. The van der Waals surface area contributed by atoms with Crippen LogP contribution in [0.1, 0.15) is 23.6 Å². The first kappa shape index (κ1) is 13.1.